The Morgan fingerprint density at radius 2 is 2.11 bits per heavy atom. The van der Waals surface area contributed by atoms with E-state index >= 15 is 0 Å². The van der Waals surface area contributed by atoms with Crippen LogP contribution in [-0.4, -0.2) is 11.0 Å². The minimum absolute atomic E-state index is 0.435. The van der Waals surface area contributed by atoms with Gasteiger partial charge in [0.15, 0.2) is 0 Å². The van der Waals surface area contributed by atoms with Gasteiger partial charge >= 0.3 is 0 Å². The van der Waals surface area contributed by atoms with Crippen LogP contribution in [0, 0.1) is 0 Å². The van der Waals surface area contributed by atoms with Gasteiger partial charge in [-0.3, -0.25) is 4.98 Å². The van der Waals surface area contributed by atoms with E-state index in [1.165, 1.54) is 0 Å². The fourth-order valence-electron chi connectivity index (χ4n) is 0.547. The van der Waals surface area contributed by atoms with E-state index in [0.717, 1.165) is 5.69 Å². The number of pyridine rings is 1. The Morgan fingerprint density at radius 1 is 1.44 bits per heavy atom. The summed E-state index contributed by atoms with van der Waals surface area (Å²) in [6, 6.07) is 4.16. The van der Waals surface area contributed by atoms with Crippen LogP contribution >= 0.6 is 11.6 Å². The first-order valence-electron chi connectivity index (χ1n) is 2.63. The summed E-state index contributed by atoms with van der Waals surface area (Å²) < 4.78 is 0. The zero-order valence-corrected chi connectivity index (χ0v) is 5.60. The topological polar surface area (TPSA) is 24.9 Å². The molecule has 0 aliphatic heterocycles. The minimum Gasteiger partial charge on any atom is -0.372 e. The summed E-state index contributed by atoms with van der Waals surface area (Å²) in [4.78, 5) is 3.84. The van der Waals surface area contributed by atoms with Gasteiger partial charge in [0.05, 0.1) is 6.00 Å². The van der Waals surface area contributed by atoms with Crippen LogP contribution in [0.4, 0.5) is 5.69 Å². The highest BCUT2D eigenvalue weighted by atomic mass is 35.5. The van der Waals surface area contributed by atoms with E-state index in [2.05, 4.69) is 10.3 Å². The molecule has 3 heteroatoms. The predicted octanol–water partition coefficient (Wildman–Crippen LogP) is 1.69. The number of nitrogens with zero attached hydrogens (tertiary/aromatic N) is 1. The quantitative estimate of drug-likeness (QED) is 0.502. The SMILES string of the molecule is ClCNc1ccncc1. The maximum absolute atomic E-state index is 5.40. The second-order valence-corrected chi connectivity index (χ2v) is 1.81. The van der Waals surface area contributed by atoms with Crippen LogP contribution < -0.4 is 5.32 Å². The number of aromatic nitrogens is 1. The molecule has 1 heterocycles. The summed E-state index contributed by atoms with van der Waals surface area (Å²) in [6.07, 6.45) is 3.43. The largest absolute Gasteiger partial charge is 0.372 e. The molecule has 0 bridgehead atoms. The molecule has 1 rings (SSSR count). The summed E-state index contributed by atoms with van der Waals surface area (Å²) in [7, 11) is 0. The molecule has 1 aromatic rings. The summed E-state index contributed by atoms with van der Waals surface area (Å²) in [5, 5.41) is 2.93. The van der Waals surface area contributed by atoms with Gasteiger partial charge in [0.2, 0.25) is 0 Å². The lowest BCUT2D eigenvalue weighted by atomic mass is 10.4. The number of halogens is 1. The molecule has 0 radical (unpaired) electrons. The van der Waals surface area contributed by atoms with E-state index in [0.29, 0.717) is 6.00 Å². The van der Waals surface area contributed by atoms with Gasteiger partial charge in [-0.15, -0.1) is 11.6 Å². The molecule has 0 atom stereocenters. The zero-order valence-electron chi connectivity index (χ0n) is 4.84. The Morgan fingerprint density at radius 3 is 2.67 bits per heavy atom. The van der Waals surface area contributed by atoms with Gasteiger partial charge in [-0.2, -0.15) is 0 Å². The third-order valence-corrected chi connectivity index (χ3v) is 1.08. The van der Waals surface area contributed by atoms with Gasteiger partial charge in [0, 0.05) is 18.1 Å². The first-order valence-corrected chi connectivity index (χ1v) is 3.17. The lowest BCUT2D eigenvalue weighted by Gasteiger charge is -1.97. The van der Waals surface area contributed by atoms with Crippen LogP contribution in [0.2, 0.25) is 0 Å². The molecule has 0 fully saturated rings. The Kier molecular flexibility index (Phi) is 2.33. The fraction of sp³-hybridized carbons (Fsp3) is 0.167. The number of hydrogen-bond acceptors (Lipinski definition) is 2. The van der Waals surface area contributed by atoms with E-state index < -0.39 is 0 Å². The molecule has 2 nitrogen and oxygen atoms in total. The molecule has 0 spiro atoms. The third-order valence-electron chi connectivity index (χ3n) is 0.951. The molecule has 48 valence electrons. The second-order valence-electron chi connectivity index (χ2n) is 1.55. The van der Waals surface area contributed by atoms with E-state index in [1.54, 1.807) is 12.4 Å². The van der Waals surface area contributed by atoms with Crippen LogP contribution in [0.1, 0.15) is 0 Å². The van der Waals surface area contributed by atoms with Crippen molar-refractivity contribution >= 4 is 17.3 Å². The third kappa shape index (κ3) is 1.90. The lowest BCUT2D eigenvalue weighted by Crippen LogP contribution is -1.92. The van der Waals surface area contributed by atoms with Crippen molar-refractivity contribution in [2.75, 3.05) is 11.3 Å². The molecule has 0 aromatic carbocycles. The monoisotopic (exact) mass is 142 g/mol. The highest BCUT2D eigenvalue weighted by molar-refractivity contribution is 6.18. The van der Waals surface area contributed by atoms with E-state index in [4.69, 9.17) is 11.6 Å². The van der Waals surface area contributed by atoms with Crippen LogP contribution in [0.5, 0.6) is 0 Å². The molecule has 0 amide bonds. The average Bonchev–Trinajstić information content (AvgIpc) is 1.91. The number of hydrogen-bond donors (Lipinski definition) is 1. The molecule has 0 unspecified atom stereocenters. The van der Waals surface area contributed by atoms with E-state index in [-0.39, 0.29) is 0 Å². The van der Waals surface area contributed by atoms with Crippen LogP contribution in [0.15, 0.2) is 24.5 Å². The van der Waals surface area contributed by atoms with Gasteiger partial charge in [-0.1, -0.05) is 0 Å². The molecule has 0 saturated heterocycles. The van der Waals surface area contributed by atoms with Gasteiger partial charge in [-0.25, -0.2) is 0 Å². The number of anilines is 1. The van der Waals surface area contributed by atoms with Gasteiger partial charge in [-0.05, 0) is 12.1 Å². The van der Waals surface area contributed by atoms with Crippen molar-refractivity contribution in [3.63, 3.8) is 0 Å². The van der Waals surface area contributed by atoms with Crippen molar-refractivity contribution in [1.29, 1.82) is 0 Å². The molecular weight excluding hydrogens is 136 g/mol. The minimum atomic E-state index is 0.435. The summed E-state index contributed by atoms with van der Waals surface area (Å²) in [5.74, 6) is 0. The molecule has 0 aliphatic rings. The average molecular weight is 143 g/mol. The van der Waals surface area contributed by atoms with Crippen molar-refractivity contribution < 1.29 is 0 Å². The fourth-order valence-corrected chi connectivity index (χ4v) is 0.701. The smallest absolute Gasteiger partial charge is 0.0901 e. The van der Waals surface area contributed by atoms with Crippen LogP contribution in [0.25, 0.3) is 0 Å². The van der Waals surface area contributed by atoms with Crippen molar-refractivity contribution in [1.82, 2.24) is 4.98 Å². The first kappa shape index (κ1) is 6.36. The number of alkyl halides is 1. The van der Waals surface area contributed by atoms with Crippen molar-refractivity contribution in [3.05, 3.63) is 24.5 Å². The van der Waals surface area contributed by atoms with Crippen LogP contribution in [0.3, 0.4) is 0 Å². The molecule has 9 heavy (non-hydrogen) atoms. The van der Waals surface area contributed by atoms with Gasteiger partial charge in [0.1, 0.15) is 0 Å². The molecule has 1 N–H and O–H groups in total. The van der Waals surface area contributed by atoms with Crippen molar-refractivity contribution in [2.24, 2.45) is 0 Å². The van der Waals surface area contributed by atoms with Crippen molar-refractivity contribution in [2.45, 2.75) is 0 Å². The van der Waals surface area contributed by atoms with E-state index in [9.17, 15) is 0 Å². The maximum Gasteiger partial charge on any atom is 0.0901 e. The zero-order chi connectivity index (χ0) is 6.53. The van der Waals surface area contributed by atoms with Gasteiger partial charge in [0.25, 0.3) is 0 Å². The highest BCUT2D eigenvalue weighted by Gasteiger charge is 1.83. The Balaban J connectivity index is 2.61. The molecular formula is C6H7ClN2. The second kappa shape index (κ2) is 3.30. The van der Waals surface area contributed by atoms with E-state index in [1.807, 2.05) is 12.1 Å². The normalized spacial score (nSPS) is 9.00. The molecule has 1 aromatic heterocycles. The standard InChI is InChI=1S/C6H7ClN2/c7-5-9-6-1-3-8-4-2-6/h1-4H,5H2,(H,8,9). The summed E-state index contributed by atoms with van der Waals surface area (Å²) in [5.41, 5.74) is 1.00. The number of nitrogens with one attached hydrogen (secondary N) is 1. The molecule has 0 saturated carbocycles. The van der Waals surface area contributed by atoms with Gasteiger partial charge < -0.3 is 5.32 Å². The predicted molar refractivity (Wildman–Crippen MR) is 38.6 cm³/mol. The number of rotatable bonds is 2. The van der Waals surface area contributed by atoms with Crippen LogP contribution in [-0.2, 0) is 0 Å². The first-order chi connectivity index (χ1) is 4.43. The highest BCUT2D eigenvalue weighted by Crippen LogP contribution is 2.01. The Bertz CT molecular complexity index is 164. The Labute approximate surface area is 58.9 Å². The Hall–Kier alpha value is -0.760. The summed E-state index contributed by atoms with van der Waals surface area (Å²) >= 11 is 5.40. The molecule has 0 aliphatic carbocycles. The van der Waals surface area contributed by atoms with Crippen molar-refractivity contribution in [3.8, 4) is 0 Å². The maximum atomic E-state index is 5.40. The summed E-state index contributed by atoms with van der Waals surface area (Å²) in [6.45, 7) is 0. The lowest BCUT2D eigenvalue weighted by molar-refractivity contribution is 1.31.